The van der Waals surface area contributed by atoms with Gasteiger partial charge < -0.3 is 10.4 Å². The molecule has 2 N–H and O–H groups in total. The van der Waals surface area contributed by atoms with Gasteiger partial charge in [0.25, 0.3) is 0 Å². The minimum absolute atomic E-state index is 0.495. The number of aliphatic hydroxyl groups is 1. The van der Waals surface area contributed by atoms with Gasteiger partial charge in [-0.25, -0.2) is 0 Å². The van der Waals surface area contributed by atoms with Crippen molar-refractivity contribution in [3.8, 4) is 0 Å². The van der Waals surface area contributed by atoms with Crippen molar-refractivity contribution in [1.29, 1.82) is 0 Å². The fraction of sp³-hybridized carbons (Fsp3) is 0.769. The molecule has 0 spiro atoms. The summed E-state index contributed by atoms with van der Waals surface area (Å²) in [6, 6.07) is 2.00. The molecule has 0 atom stereocenters. The average molecular weight is 237 g/mol. The Kier molecular flexibility index (Phi) is 3.84. The lowest BCUT2D eigenvalue weighted by Gasteiger charge is -2.35. The van der Waals surface area contributed by atoms with E-state index in [0.717, 1.165) is 43.8 Å². The first-order valence-electron chi connectivity index (χ1n) is 6.49. The molecule has 4 heteroatoms. The van der Waals surface area contributed by atoms with Gasteiger partial charge in [-0.15, -0.1) is 0 Å². The van der Waals surface area contributed by atoms with Crippen LogP contribution in [-0.4, -0.2) is 27.0 Å². The van der Waals surface area contributed by atoms with Crippen molar-refractivity contribution < 1.29 is 5.11 Å². The summed E-state index contributed by atoms with van der Waals surface area (Å²) < 4.78 is 1.86. The van der Waals surface area contributed by atoms with E-state index in [9.17, 15) is 5.11 Å². The molecule has 0 amide bonds. The highest BCUT2D eigenvalue weighted by molar-refractivity contribution is 4.99. The molecule has 0 aliphatic heterocycles. The Hall–Kier alpha value is -0.870. The normalized spacial score (nSPS) is 29.5. The molecular weight excluding hydrogens is 214 g/mol. The van der Waals surface area contributed by atoms with Crippen LogP contribution in [0.2, 0.25) is 0 Å². The maximum absolute atomic E-state index is 10.4. The van der Waals surface area contributed by atoms with Crippen molar-refractivity contribution in [3.05, 3.63) is 18.0 Å². The molecule has 96 valence electrons. The largest absolute Gasteiger partial charge is 0.389 e. The number of rotatable bonds is 4. The van der Waals surface area contributed by atoms with E-state index in [-0.39, 0.29) is 0 Å². The van der Waals surface area contributed by atoms with E-state index in [1.165, 1.54) is 0 Å². The molecule has 0 radical (unpaired) electrons. The molecule has 1 aliphatic rings. The molecule has 1 aromatic rings. The summed E-state index contributed by atoms with van der Waals surface area (Å²) >= 11 is 0. The Morgan fingerprint density at radius 3 is 2.82 bits per heavy atom. The summed E-state index contributed by atoms with van der Waals surface area (Å²) in [6.07, 6.45) is 5.93. The molecule has 1 heterocycles. The van der Waals surface area contributed by atoms with Crippen LogP contribution < -0.4 is 5.32 Å². The quantitative estimate of drug-likeness (QED) is 0.833. The fourth-order valence-corrected chi connectivity index (χ4v) is 2.47. The maximum Gasteiger partial charge on any atom is 0.0771 e. The number of nitrogens with zero attached hydrogens (tertiary/aromatic N) is 2. The number of hydrogen-bond acceptors (Lipinski definition) is 3. The van der Waals surface area contributed by atoms with Gasteiger partial charge in [-0.1, -0.05) is 6.92 Å². The van der Waals surface area contributed by atoms with Crippen molar-refractivity contribution in [2.45, 2.75) is 44.8 Å². The molecule has 1 fully saturated rings. The summed E-state index contributed by atoms with van der Waals surface area (Å²) in [5, 5.41) is 17.9. The Bertz CT molecular complexity index is 353. The zero-order chi connectivity index (χ0) is 12.3. The zero-order valence-corrected chi connectivity index (χ0v) is 10.8. The van der Waals surface area contributed by atoms with Crippen LogP contribution in [0.5, 0.6) is 0 Å². The molecule has 1 saturated carbocycles. The summed E-state index contributed by atoms with van der Waals surface area (Å²) in [6.45, 7) is 3.72. The number of aromatic nitrogens is 2. The molecule has 1 aromatic heterocycles. The third-order valence-electron chi connectivity index (χ3n) is 3.89. The second-order valence-corrected chi connectivity index (χ2v) is 5.46. The summed E-state index contributed by atoms with van der Waals surface area (Å²) in [5.74, 6) is 0.771. The van der Waals surface area contributed by atoms with Crippen LogP contribution in [0.3, 0.4) is 0 Å². The van der Waals surface area contributed by atoms with Crippen molar-refractivity contribution in [2.75, 3.05) is 6.54 Å². The maximum atomic E-state index is 10.4. The van der Waals surface area contributed by atoms with Crippen LogP contribution in [0, 0.1) is 5.92 Å². The molecule has 0 saturated heterocycles. The lowest BCUT2D eigenvalue weighted by atomic mass is 9.79. The third kappa shape index (κ3) is 3.30. The van der Waals surface area contributed by atoms with E-state index < -0.39 is 5.60 Å². The molecule has 1 aliphatic carbocycles. The third-order valence-corrected chi connectivity index (χ3v) is 3.89. The second-order valence-electron chi connectivity index (χ2n) is 5.46. The molecule has 4 nitrogen and oxygen atoms in total. The van der Waals surface area contributed by atoms with E-state index >= 15 is 0 Å². The molecule has 0 bridgehead atoms. The topological polar surface area (TPSA) is 50.1 Å². The minimum Gasteiger partial charge on any atom is -0.389 e. The highest BCUT2D eigenvalue weighted by Gasteiger charge is 2.31. The van der Waals surface area contributed by atoms with Crippen LogP contribution in [-0.2, 0) is 13.6 Å². The molecule has 2 rings (SSSR count). The van der Waals surface area contributed by atoms with Crippen molar-refractivity contribution >= 4 is 0 Å². The zero-order valence-electron chi connectivity index (χ0n) is 10.8. The highest BCUT2D eigenvalue weighted by Crippen LogP contribution is 2.31. The van der Waals surface area contributed by atoms with Gasteiger partial charge in [0.05, 0.1) is 11.3 Å². The monoisotopic (exact) mass is 237 g/mol. The van der Waals surface area contributed by atoms with E-state index in [1.54, 1.807) is 6.20 Å². The second kappa shape index (κ2) is 5.19. The fourth-order valence-electron chi connectivity index (χ4n) is 2.47. The van der Waals surface area contributed by atoms with Gasteiger partial charge in [0.2, 0.25) is 0 Å². The molecule has 17 heavy (non-hydrogen) atoms. The summed E-state index contributed by atoms with van der Waals surface area (Å²) in [4.78, 5) is 0. The van der Waals surface area contributed by atoms with E-state index in [4.69, 9.17) is 0 Å². The standard InChI is InChI=1S/C13H23N3O/c1-11-3-6-13(17,7-4-11)10-14-9-12-5-8-15-16(12)2/h5,8,11,14,17H,3-4,6-7,9-10H2,1-2H3. The smallest absolute Gasteiger partial charge is 0.0771 e. The van der Waals surface area contributed by atoms with Crippen LogP contribution in [0.1, 0.15) is 38.3 Å². The van der Waals surface area contributed by atoms with Crippen LogP contribution >= 0.6 is 0 Å². The predicted molar refractivity (Wildman–Crippen MR) is 67.5 cm³/mol. The lowest BCUT2D eigenvalue weighted by Crippen LogP contribution is -2.43. The van der Waals surface area contributed by atoms with Crippen LogP contribution in [0.4, 0.5) is 0 Å². The average Bonchev–Trinajstić information content (AvgIpc) is 2.70. The van der Waals surface area contributed by atoms with Crippen LogP contribution in [0.15, 0.2) is 12.3 Å². The van der Waals surface area contributed by atoms with Gasteiger partial charge in [-0.2, -0.15) is 5.10 Å². The lowest BCUT2D eigenvalue weighted by molar-refractivity contribution is -0.00640. The summed E-state index contributed by atoms with van der Waals surface area (Å²) in [7, 11) is 1.94. The minimum atomic E-state index is -0.495. The van der Waals surface area contributed by atoms with Crippen LogP contribution in [0.25, 0.3) is 0 Å². The summed E-state index contributed by atoms with van der Waals surface area (Å²) in [5.41, 5.74) is 0.656. The van der Waals surface area contributed by atoms with E-state index in [2.05, 4.69) is 17.3 Å². The SMILES string of the molecule is CC1CCC(O)(CNCc2ccnn2C)CC1. The molecule has 0 unspecified atom stereocenters. The van der Waals surface area contributed by atoms with E-state index in [1.807, 2.05) is 17.8 Å². The van der Waals surface area contributed by atoms with Crippen molar-refractivity contribution in [3.63, 3.8) is 0 Å². The van der Waals surface area contributed by atoms with Gasteiger partial charge in [-0.3, -0.25) is 4.68 Å². The first-order valence-corrected chi connectivity index (χ1v) is 6.49. The first kappa shape index (κ1) is 12.6. The van der Waals surface area contributed by atoms with Gasteiger partial charge in [-0.05, 0) is 37.7 Å². The Balaban J connectivity index is 1.76. The van der Waals surface area contributed by atoms with Gasteiger partial charge in [0.15, 0.2) is 0 Å². The van der Waals surface area contributed by atoms with Gasteiger partial charge in [0.1, 0.15) is 0 Å². The molecule has 0 aromatic carbocycles. The number of hydrogen-bond donors (Lipinski definition) is 2. The Morgan fingerprint density at radius 1 is 1.53 bits per heavy atom. The Labute approximate surface area is 103 Å². The van der Waals surface area contributed by atoms with Gasteiger partial charge >= 0.3 is 0 Å². The van der Waals surface area contributed by atoms with E-state index in [0.29, 0.717) is 6.54 Å². The molecular formula is C13H23N3O. The Morgan fingerprint density at radius 2 is 2.24 bits per heavy atom. The van der Waals surface area contributed by atoms with Gasteiger partial charge in [0, 0.05) is 26.3 Å². The first-order chi connectivity index (χ1) is 8.09. The van der Waals surface area contributed by atoms with Crippen molar-refractivity contribution in [2.24, 2.45) is 13.0 Å². The number of aryl methyl sites for hydroxylation is 1. The van der Waals surface area contributed by atoms with Crippen molar-refractivity contribution in [1.82, 2.24) is 15.1 Å². The number of nitrogens with one attached hydrogen (secondary N) is 1. The highest BCUT2D eigenvalue weighted by atomic mass is 16.3. The predicted octanol–water partition coefficient (Wildman–Crippen LogP) is 1.45.